The van der Waals surface area contributed by atoms with Crippen LogP contribution in [0.5, 0.6) is 5.75 Å². The molecule has 0 radical (unpaired) electrons. The van der Waals surface area contributed by atoms with Gasteiger partial charge in [0.1, 0.15) is 5.75 Å². The van der Waals surface area contributed by atoms with Crippen LogP contribution in [-0.2, 0) is 22.6 Å². The molecule has 7 heteroatoms. The number of rotatable bonds is 6. The van der Waals surface area contributed by atoms with Gasteiger partial charge in [0.2, 0.25) is 0 Å². The van der Waals surface area contributed by atoms with Crippen LogP contribution < -0.4 is 10.1 Å². The highest BCUT2D eigenvalue weighted by atomic mass is 16.5. The van der Waals surface area contributed by atoms with Gasteiger partial charge in [0.15, 0.2) is 6.61 Å². The van der Waals surface area contributed by atoms with Crippen molar-refractivity contribution >= 4 is 11.8 Å². The Kier molecular flexibility index (Phi) is 6.61. The van der Waals surface area contributed by atoms with Gasteiger partial charge in [0.25, 0.3) is 11.8 Å². The summed E-state index contributed by atoms with van der Waals surface area (Å²) in [5, 5.41) is 2.99. The molecule has 0 spiro atoms. The van der Waals surface area contributed by atoms with Crippen molar-refractivity contribution in [2.24, 2.45) is 0 Å². The van der Waals surface area contributed by atoms with E-state index in [0.29, 0.717) is 30.9 Å². The summed E-state index contributed by atoms with van der Waals surface area (Å²) >= 11 is 0. The summed E-state index contributed by atoms with van der Waals surface area (Å²) in [6, 6.07) is 15.2. The van der Waals surface area contributed by atoms with Gasteiger partial charge in [0.05, 0.1) is 13.2 Å². The first-order chi connectivity index (χ1) is 14.7. The zero-order chi connectivity index (χ0) is 20.8. The van der Waals surface area contributed by atoms with Crippen LogP contribution in [0.2, 0.25) is 0 Å². The molecule has 1 N–H and O–H groups in total. The Balaban J connectivity index is 1.39. The van der Waals surface area contributed by atoms with E-state index >= 15 is 0 Å². The number of nitrogens with zero attached hydrogens (tertiary/aromatic N) is 2. The highest BCUT2D eigenvalue weighted by Crippen LogP contribution is 2.25. The third-order valence-corrected chi connectivity index (χ3v) is 5.42. The van der Waals surface area contributed by atoms with Crippen molar-refractivity contribution in [1.82, 2.24) is 15.1 Å². The van der Waals surface area contributed by atoms with E-state index in [2.05, 4.69) is 10.2 Å². The lowest BCUT2D eigenvalue weighted by Gasteiger charge is -2.26. The smallest absolute Gasteiger partial charge is 0.261 e. The number of hydrogen-bond donors (Lipinski definition) is 1. The second-order valence-electron chi connectivity index (χ2n) is 7.56. The SMILES string of the molecule is O=C(NCCN1CCOCC1)c1ccc2c(c1)CN(Cc1ccccc1)C(=O)CO2. The molecule has 2 heterocycles. The summed E-state index contributed by atoms with van der Waals surface area (Å²) in [5.41, 5.74) is 2.48. The zero-order valence-corrected chi connectivity index (χ0v) is 17.0. The van der Waals surface area contributed by atoms with Gasteiger partial charge in [-0.25, -0.2) is 0 Å². The van der Waals surface area contributed by atoms with Crippen LogP contribution in [0, 0.1) is 0 Å². The molecule has 2 aliphatic heterocycles. The summed E-state index contributed by atoms with van der Waals surface area (Å²) in [6.07, 6.45) is 0. The van der Waals surface area contributed by atoms with Crippen LogP contribution in [0.15, 0.2) is 48.5 Å². The Morgan fingerprint density at radius 1 is 1.07 bits per heavy atom. The maximum atomic E-state index is 12.6. The Morgan fingerprint density at radius 2 is 1.87 bits per heavy atom. The number of fused-ring (bicyclic) bond motifs is 1. The predicted octanol–water partition coefficient (Wildman–Crippen LogP) is 1.67. The molecule has 2 aromatic carbocycles. The lowest BCUT2D eigenvalue weighted by Crippen LogP contribution is -2.41. The molecular weight excluding hydrogens is 382 g/mol. The number of morpholine rings is 1. The van der Waals surface area contributed by atoms with Crippen LogP contribution in [0.25, 0.3) is 0 Å². The molecule has 2 amide bonds. The molecule has 0 unspecified atom stereocenters. The van der Waals surface area contributed by atoms with Crippen molar-refractivity contribution in [3.05, 3.63) is 65.2 Å². The molecule has 0 aliphatic carbocycles. The molecule has 0 saturated carbocycles. The van der Waals surface area contributed by atoms with E-state index in [0.717, 1.165) is 44.0 Å². The van der Waals surface area contributed by atoms with E-state index in [1.165, 1.54) is 0 Å². The average Bonchev–Trinajstić information content (AvgIpc) is 2.93. The second-order valence-corrected chi connectivity index (χ2v) is 7.56. The summed E-state index contributed by atoms with van der Waals surface area (Å²) < 4.78 is 11.0. The fourth-order valence-electron chi connectivity index (χ4n) is 3.71. The number of carbonyl (C=O) groups is 2. The van der Waals surface area contributed by atoms with Gasteiger partial charge < -0.3 is 19.7 Å². The van der Waals surface area contributed by atoms with Gasteiger partial charge in [-0.15, -0.1) is 0 Å². The fraction of sp³-hybridized carbons (Fsp3) is 0.391. The van der Waals surface area contributed by atoms with E-state index in [-0.39, 0.29) is 18.4 Å². The average molecular weight is 409 g/mol. The molecule has 2 aliphatic rings. The first-order valence-electron chi connectivity index (χ1n) is 10.3. The molecule has 0 atom stereocenters. The summed E-state index contributed by atoms with van der Waals surface area (Å²) in [4.78, 5) is 29.2. The maximum Gasteiger partial charge on any atom is 0.261 e. The minimum atomic E-state index is -0.115. The fourth-order valence-corrected chi connectivity index (χ4v) is 3.71. The van der Waals surface area contributed by atoms with E-state index in [1.54, 1.807) is 17.0 Å². The highest BCUT2D eigenvalue weighted by molar-refractivity contribution is 5.94. The van der Waals surface area contributed by atoms with Crippen molar-refractivity contribution in [3.8, 4) is 5.75 Å². The van der Waals surface area contributed by atoms with Gasteiger partial charge in [-0.3, -0.25) is 14.5 Å². The second kappa shape index (κ2) is 9.73. The number of benzene rings is 2. The molecule has 0 aromatic heterocycles. The molecule has 4 rings (SSSR count). The zero-order valence-electron chi connectivity index (χ0n) is 17.0. The topological polar surface area (TPSA) is 71.1 Å². The molecule has 7 nitrogen and oxygen atoms in total. The van der Waals surface area contributed by atoms with Crippen LogP contribution >= 0.6 is 0 Å². The minimum Gasteiger partial charge on any atom is -0.483 e. The Labute approximate surface area is 176 Å². The van der Waals surface area contributed by atoms with Crippen molar-refractivity contribution in [2.75, 3.05) is 46.0 Å². The van der Waals surface area contributed by atoms with Gasteiger partial charge in [-0.1, -0.05) is 30.3 Å². The van der Waals surface area contributed by atoms with Gasteiger partial charge in [-0.05, 0) is 23.8 Å². The number of carbonyl (C=O) groups excluding carboxylic acids is 2. The molecule has 2 aromatic rings. The molecule has 158 valence electrons. The normalized spacial score (nSPS) is 17.1. The quantitative estimate of drug-likeness (QED) is 0.786. The van der Waals surface area contributed by atoms with E-state index < -0.39 is 0 Å². The number of nitrogens with one attached hydrogen (secondary N) is 1. The molecule has 1 fully saturated rings. The molecule has 1 saturated heterocycles. The predicted molar refractivity (Wildman–Crippen MR) is 112 cm³/mol. The Bertz CT molecular complexity index is 881. The molecule has 30 heavy (non-hydrogen) atoms. The van der Waals surface area contributed by atoms with E-state index in [4.69, 9.17) is 9.47 Å². The third-order valence-electron chi connectivity index (χ3n) is 5.42. The first kappa shape index (κ1) is 20.4. The van der Waals surface area contributed by atoms with Crippen LogP contribution in [-0.4, -0.2) is 67.6 Å². The summed E-state index contributed by atoms with van der Waals surface area (Å²) in [6.45, 7) is 5.62. The largest absolute Gasteiger partial charge is 0.483 e. The molecular formula is C23H27N3O4. The van der Waals surface area contributed by atoms with E-state index in [1.807, 2.05) is 36.4 Å². The van der Waals surface area contributed by atoms with Crippen LogP contribution in [0.3, 0.4) is 0 Å². The third kappa shape index (κ3) is 5.17. The van der Waals surface area contributed by atoms with Gasteiger partial charge >= 0.3 is 0 Å². The monoisotopic (exact) mass is 409 g/mol. The van der Waals surface area contributed by atoms with E-state index in [9.17, 15) is 9.59 Å². The Hall–Kier alpha value is -2.90. The first-order valence-corrected chi connectivity index (χ1v) is 10.3. The van der Waals surface area contributed by atoms with Gasteiger partial charge in [0, 0.05) is 50.4 Å². The van der Waals surface area contributed by atoms with Crippen molar-refractivity contribution in [3.63, 3.8) is 0 Å². The number of hydrogen-bond acceptors (Lipinski definition) is 5. The van der Waals surface area contributed by atoms with Crippen molar-refractivity contribution in [2.45, 2.75) is 13.1 Å². The maximum absolute atomic E-state index is 12.6. The lowest BCUT2D eigenvalue weighted by molar-refractivity contribution is -0.133. The number of ether oxygens (including phenoxy) is 2. The summed E-state index contributed by atoms with van der Waals surface area (Å²) in [5.74, 6) is 0.478. The van der Waals surface area contributed by atoms with Crippen molar-refractivity contribution < 1.29 is 19.1 Å². The molecule has 0 bridgehead atoms. The van der Waals surface area contributed by atoms with Gasteiger partial charge in [-0.2, -0.15) is 0 Å². The Morgan fingerprint density at radius 3 is 2.67 bits per heavy atom. The standard InChI is InChI=1S/C23H27N3O4/c27-22-17-30-21-7-6-19(23(28)24-8-9-25-10-12-29-13-11-25)14-20(21)16-26(22)15-18-4-2-1-3-5-18/h1-7,14H,8-13,15-17H2,(H,24,28). The summed E-state index contributed by atoms with van der Waals surface area (Å²) in [7, 11) is 0. The van der Waals surface area contributed by atoms with Crippen LogP contribution in [0.1, 0.15) is 21.5 Å². The van der Waals surface area contributed by atoms with Crippen molar-refractivity contribution in [1.29, 1.82) is 0 Å². The lowest BCUT2D eigenvalue weighted by atomic mass is 10.1. The number of amides is 2. The minimum absolute atomic E-state index is 0.00489. The highest BCUT2D eigenvalue weighted by Gasteiger charge is 2.23. The van der Waals surface area contributed by atoms with Crippen LogP contribution in [0.4, 0.5) is 0 Å².